The van der Waals surface area contributed by atoms with Crippen molar-refractivity contribution in [1.82, 2.24) is 10.2 Å². The van der Waals surface area contributed by atoms with Crippen LogP contribution in [-0.4, -0.2) is 24.5 Å². The lowest BCUT2D eigenvalue weighted by atomic mass is 10.2. The molecule has 0 atom stereocenters. The van der Waals surface area contributed by atoms with Gasteiger partial charge < -0.3 is 5.32 Å². The van der Waals surface area contributed by atoms with Crippen LogP contribution in [0.1, 0.15) is 21.7 Å². The summed E-state index contributed by atoms with van der Waals surface area (Å²) in [6.45, 7) is 3.40. The predicted octanol–water partition coefficient (Wildman–Crippen LogP) is 0.993. The second kappa shape index (κ2) is 5.58. The minimum Gasteiger partial charge on any atom is -0.322 e. The molecule has 0 bridgehead atoms. The van der Waals surface area contributed by atoms with Gasteiger partial charge in [0.15, 0.2) is 0 Å². The molecule has 0 saturated carbocycles. The number of carbonyl (C=O) groups is 1. The van der Waals surface area contributed by atoms with E-state index in [1.165, 1.54) is 18.2 Å². The fourth-order valence-corrected chi connectivity index (χ4v) is 2.29. The molecule has 0 unspecified atom stereocenters. The Labute approximate surface area is 122 Å². The van der Waals surface area contributed by atoms with E-state index in [0.717, 1.165) is 0 Å². The van der Waals surface area contributed by atoms with Crippen molar-refractivity contribution in [3.05, 3.63) is 47.3 Å². The van der Waals surface area contributed by atoms with Crippen LogP contribution in [0.2, 0.25) is 0 Å². The molecule has 2 rings (SSSR count). The summed E-state index contributed by atoms with van der Waals surface area (Å²) in [4.78, 5) is 12.1. The van der Waals surface area contributed by atoms with E-state index in [0.29, 0.717) is 22.6 Å². The maximum Gasteiger partial charge on any atom is 0.257 e. The second-order valence-electron chi connectivity index (χ2n) is 4.51. The molecule has 0 saturated heterocycles. The predicted molar refractivity (Wildman–Crippen MR) is 77.3 cm³/mol. The summed E-state index contributed by atoms with van der Waals surface area (Å²) >= 11 is 0. The summed E-state index contributed by atoms with van der Waals surface area (Å²) in [5.74, 6) is -0.392. The van der Waals surface area contributed by atoms with Crippen LogP contribution in [0.15, 0.2) is 35.2 Å². The summed E-state index contributed by atoms with van der Waals surface area (Å²) in [5, 5.41) is 15.4. The number of aromatic nitrogens is 2. The number of primary sulfonamides is 1. The van der Waals surface area contributed by atoms with E-state index in [4.69, 9.17) is 5.14 Å². The molecule has 1 aromatic carbocycles. The SMILES string of the molecule is Cc1cc(C(=O)Nc2cccc(S(N)(=O)=O)c2)c(C)nn1. The monoisotopic (exact) mass is 306 g/mol. The Morgan fingerprint density at radius 2 is 1.90 bits per heavy atom. The quantitative estimate of drug-likeness (QED) is 0.877. The zero-order valence-electron chi connectivity index (χ0n) is 11.5. The molecular weight excluding hydrogens is 292 g/mol. The topological polar surface area (TPSA) is 115 Å². The highest BCUT2D eigenvalue weighted by Gasteiger charge is 2.13. The highest BCUT2D eigenvalue weighted by molar-refractivity contribution is 7.89. The fourth-order valence-electron chi connectivity index (χ4n) is 1.73. The fraction of sp³-hybridized carbons (Fsp3) is 0.154. The molecular formula is C13H14N4O3S. The van der Waals surface area contributed by atoms with E-state index in [1.807, 2.05) is 0 Å². The number of hydrogen-bond donors (Lipinski definition) is 2. The molecule has 1 amide bonds. The van der Waals surface area contributed by atoms with Gasteiger partial charge in [0.05, 0.1) is 21.8 Å². The van der Waals surface area contributed by atoms with Gasteiger partial charge in [0.1, 0.15) is 0 Å². The van der Waals surface area contributed by atoms with Crippen LogP contribution in [-0.2, 0) is 10.0 Å². The lowest BCUT2D eigenvalue weighted by Crippen LogP contribution is -2.16. The Bertz CT molecular complexity index is 803. The van der Waals surface area contributed by atoms with Crippen LogP contribution in [0.3, 0.4) is 0 Å². The molecule has 0 radical (unpaired) electrons. The molecule has 0 aliphatic carbocycles. The standard InChI is InChI=1S/C13H14N4O3S/c1-8-6-12(9(2)17-16-8)13(18)15-10-4-3-5-11(7-10)21(14,19)20/h3-7H,1-2H3,(H,15,18)(H2,14,19,20). The first-order valence-corrected chi connectivity index (χ1v) is 7.57. The van der Waals surface area contributed by atoms with Crippen molar-refractivity contribution in [3.8, 4) is 0 Å². The average Bonchev–Trinajstić information content (AvgIpc) is 2.41. The van der Waals surface area contributed by atoms with Gasteiger partial charge in [-0.05, 0) is 38.1 Å². The van der Waals surface area contributed by atoms with Crippen molar-refractivity contribution < 1.29 is 13.2 Å². The van der Waals surface area contributed by atoms with Gasteiger partial charge in [0.2, 0.25) is 10.0 Å². The molecule has 8 heteroatoms. The summed E-state index contributed by atoms with van der Waals surface area (Å²) < 4.78 is 22.6. The van der Waals surface area contributed by atoms with Crippen molar-refractivity contribution in [3.63, 3.8) is 0 Å². The number of amides is 1. The largest absolute Gasteiger partial charge is 0.322 e. The maximum atomic E-state index is 12.2. The molecule has 0 fully saturated rings. The van der Waals surface area contributed by atoms with Crippen molar-refractivity contribution >= 4 is 21.6 Å². The lowest BCUT2D eigenvalue weighted by molar-refractivity contribution is 0.102. The maximum absolute atomic E-state index is 12.2. The van der Waals surface area contributed by atoms with Crippen molar-refractivity contribution in [2.24, 2.45) is 5.14 Å². The van der Waals surface area contributed by atoms with Crippen LogP contribution in [0.25, 0.3) is 0 Å². The van der Waals surface area contributed by atoms with Crippen molar-refractivity contribution in [1.29, 1.82) is 0 Å². The summed E-state index contributed by atoms with van der Waals surface area (Å²) in [6, 6.07) is 7.33. The Morgan fingerprint density at radius 3 is 2.57 bits per heavy atom. The number of nitrogens with one attached hydrogen (secondary N) is 1. The van der Waals surface area contributed by atoms with Crippen molar-refractivity contribution in [2.45, 2.75) is 18.7 Å². The molecule has 0 aliphatic rings. The first-order chi connectivity index (χ1) is 9.77. The minimum absolute atomic E-state index is 0.0685. The number of sulfonamides is 1. The smallest absolute Gasteiger partial charge is 0.257 e. The number of nitrogens with zero attached hydrogens (tertiary/aromatic N) is 2. The number of benzene rings is 1. The van der Waals surface area contributed by atoms with E-state index in [-0.39, 0.29) is 4.90 Å². The van der Waals surface area contributed by atoms with Gasteiger partial charge in [0.25, 0.3) is 5.91 Å². The molecule has 21 heavy (non-hydrogen) atoms. The van der Waals surface area contributed by atoms with Gasteiger partial charge in [-0.1, -0.05) is 6.07 Å². The highest BCUT2D eigenvalue weighted by Crippen LogP contribution is 2.16. The molecule has 2 aromatic rings. The first kappa shape index (κ1) is 15.1. The zero-order valence-corrected chi connectivity index (χ0v) is 12.3. The van der Waals surface area contributed by atoms with Crippen LogP contribution < -0.4 is 10.5 Å². The molecule has 3 N–H and O–H groups in total. The van der Waals surface area contributed by atoms with Gasteiger partial charge >= 0.3 is 0 Å². The van der Waals surface area contributed by atoms with Gasteiger partial charge in [-0.3, -0.25) is 4.79 Å². The number of hydrogen-bond acceptors (Lipinski definition) is 5. The van der Waals surface area contributed by atoms with Gasteiger partial charge in [-0.15, -0.1) is 0 Å². The number of aryl methyl sites for hydroxylation is 2. The van der Waals surface area contributed by atoms with E-state index in [2.05, 4.69) is 15.5 Å². The van der Waals surface area contributed by atoms with Gasteiger partial charge in [-0.2, -0.15) is 10.2 Å². The zero-order chi connectivity index (χ0) is 15.6. The van der Waals surface area contributed by atoms with E-state index < -0.39 is 15.9 Å². The third-order valence-electron chi connectivity index (χ3n) is 2.77. The van der Waals surface area contributed by atoms with E-state index in [1.54, 1.807) is 26.0 Å². The summed E-state index contributed by atoms with van der Waals surface area (Å²) in [5.41, 5.74) is 1.81. The molecule has 7 nitrogen and oxygen atoms in total. The van der Waals surface area contributed by atoms with Crippen LogP contribution >= 0.6 is 0 Å². The third-order valence-corrected chi connectivity index (χ3v) is 3.68. The molecule has 0 spiro atoms. The average molecular weight is 306 g/mol. The van der Waals surface area contributed by atoms with Crippen LogP contribution in [0.4, 0.5) is 5.69 Å². The number of rotatable bonds is 3. The Hall–Kier alpha value is -2.32. The molecule has 0 aliphatic heterocycles. The van der Waals surface area contributed by atoms with Crippen molar-refractivity contribution in [2.75, 3.05) is 5.32 Å². The summed E-state index contributed by atoms with van der Waals surface area (Å²) in [7, 11) is -3.81. The number of anilines is 1. The Kier molecular flexibility index (Phi) is 4.01. The van der Waals surface area contributed by atoms with Gasteiger partial charge in [-0.25, -0.2) is 13.6 Å². The van der Waals surface area contributed by atoms with Crippen LogP contribution in [0.5, 0.6) is 0 Å². The third kappa shape index (κ3) is 3.61. The molecule has 1 heterocycles. The highest BCUT2D eigenvalue weighted by atomic mass is 32.2. The van der Waals surface area contributed by atoms with E-state index in [9.17, 15) is 13.2 Å². The number of nitrogens with two attached hydrogens (primary N) is 1. The normalized spacial score (nSPS) is 11.2. The number of carbonyl (C=O) groups excluding carboxylic acids is 1. The van der Waals surface area contributed by atoms with Gasteiger partial charge in [0, 0.05) is 5.69 Å². The molecule has 110 valence electrons. The minimum atomic E-state index is -3.81. The Balaban J connectivity index is 2.30. The first-order valence-electron chi connectivity index (χ1n) is 6.02. The van der Waals surface area contributed by atoms with Crippen LogP contribution in [0, 0.1) is 13.8 Å². The van der Waals surface area contributed by atoms with E-state index >= 15 is 0 Å². The molecule has 1 aromatic heterocycles. The Morgan fingerprint density at radius 1 is 1.19 bits per heavy atom. The lowest BCUT2D eigenvalue weighted by Gasteiger charge is -2.08. The summed E-state index contributed by atoms with van der Waals surface area (Å²) in [6.07, 6.45) is 0. The second-order valence-corrected chi connectivity index (χ2v) is 6.07.